The van der Waals surface area contributed by atoms with Crippen molar-refractivity contribution in [3.05, 3.63) is 0 Å². The Labute approximate surface area is 100.0 Å². The minimum Gasteiger partial charge on any atom is -0.480 e. The van der Waals surface area contributed by atoms with Crippen LogP contribution >= 0.6 is 0 Å². The third-order valence-corrected chi connectivity index (χ3v) is 2.98. The van der Waals surface area contributed by atoms with Crippen LogP contribution < -0.4 is 5.32 Å². The largest absolute Gasteiger partial charge is 0.480 e. The molecule has 0 aromatic carbocycles. The molecular formula is C11H19FN2O3. The van der Waals surface area contributed by atoms with Crippen molar-refractivity contribution in [3.8, 4) is 0 Å². The predicted molar refractivity (Wildman–Crippen MR) is 60.4 cm³/mol. The van der Waals surface area contributed by atoms with Crippen LogP contribution in [-0.4, -0.2) is 54.2 Å². The molecule has 1 heterocycles. The Morgan fingerprint density at radius 3 is 3.00 bits per heavy atom. The van der Waals surface area contributed by atoms with E-state index in [2.05, 4.69) is 5.32 Å². The Morgan fingerprint density at radius 2 is 2.41 bits per heavy atom. The third kappa shape index (κ3) is 5.12. The van der Waals surface area contributed by atoms with Crippen LogP contribution in [0.15, 0.2) is 0 Å². The normalized spacial score (nSPS) is 23.0. The van der Waals surface area contributed by atoms with Gasteiger partial charge in [-0.2, -0.15) is 0 Å². The number of nitrogens with zero attached hydrogens (tertiary/aromatic N) is 1. The molecule has 1 aliphatic heterocycles. The topological polar surface area (TPSA) is 69.6 Å². The van der Waals surface area contributed by atoms with Gasteiger partial charge in [0, 0.05) is 6.54 Å². The molecule has 2 atom stereocenters. The highest BCUT2D eigenvalue weighted by atomic mass is 19.1. The van der Waals surface area contributed by atoms with Crippen LogP contribution in [0.5, 0.6) is 0 Å². The number of hydrogen-bond acceptors (Lipinski definition) is 3. The van der Waals surface area contributed by atoms with Gasteiger partial charge in [0.25, 0.3) is 0 Å². The summed E-state index contributed by atoms with van der Waals surface area (Å²) in [6, 6.07) is -0.835. The van der Waals surface area contributed by atoms with Crippen molar-refractivity contribution in [3.63, 3.8) is 0 Å². The molecule has 1 fully saturated rings. The van der Waals surface area contributed by atoms with Gasteiger partial charge in [-0.25, -0.2) is 9.18 Å². The number of alkyl halides is 1. The number of carbonyl (C=O) groups is 2. The summed E-state index contributed by atoms with van der Waals surface area (Å²) in [5.74, 6) is -1.03. The molecule has 98 valence electrons. The van der Waals surface area contributed by atoms with Gasteiger partial charge in [0.15, 0.2) is 0 Å². The summed E-state index contributed by atoms with van der Waals surface area (Å²) in [7, 11) is 0. The van der Waals surface area contributed by atoms with E-state index >= 15 is 0 Å². The van der Waals surface area contributed by atoms with E-state index in [1.54, 1.807) is 0 Å². The van der Waals surface area contributed by atoms with Crippen molar-refractivity contribution in [2.24, 2.45) is 0 Å². The number of amides is 1. The zero-order chi connectivity index (χ0) is 12.7. The van der Waals surface area contributed by atoms with Gasteiger partial charge in [0.2, 0.25) is 6.41 Å². The summed E-state index contributed by atoms with van der Waals surface area (Å²) in [4.78, 5) is 22.9. The van der Waals surface area contributed by atoms with Crippen LogP contribution in [0, 0.1) is 0 Å². The molecule has 1 saturated heterocycles. The van der Waals surface area contributed by atoms with Gasteiger partial charge in [0.05, 0.1) is 0 Å². The Hall–Kier alpha value is -1.17. The second kappa shape index (κ2) is 7.21. The van der Waals surface area contributed by atoms with Gasteiger partial charge in [0.1, 0.15) is 12.2 Å². The molecule has 0 aliphatic carbocycles. The van der Waals surface area contributed by atoms with E-state index in [0.29, 0.717) is 38.8 Å². The molecule has 1 unspecified atom stereocenters. The zero-order valence-electron chi connectivity index (χ0n) is 9.77. The van der Waals surface area contributed by atoms with Crippen LogP contribution in [0.2, 0.25) is 0 Å². The summed E-state index contributed by atoms with van der Waals surface area (Å²) in [5, 5.41) is 11.0. The maximum absolute atomic E-state index is 13.1. The standard InChI is InChI=1S/C11H19FN2O3/c12-9-3-1-5-14(7-9)6-2-4-10(11(16)17)13-8-15/h8-10H,1-7H2,(H,13,15)(H,16,17)/t9-,10?/m1/s1. The average Bonchev–Trinajstić information content (AvgIpc) is 2.28. The smallest absolute Gasteiger partial charge is 0.326 e. The quantitative estimate of drug-likeness (QED) is 0.638. The van der Waals surface area contributed by atoms with Crippen LogP contribution in [0.4, 0.5) is 4.39 Å². The summed E-state index contributed by atoms with van der Waals surface area (Å²) in [5.41, 5.74) is 0. The summed E-state index contributed by atoms with van der Waals surface area (Å²) in [6.45, 7) is 2.00. The molecule has 0 aromatic rings. The Balaban J connectivity index is 2.21. The number of carboxylic acids is 1. The Kier molecular flexibility index (Phi) is 5.90. The minimum absolute atomic E-state index is 0.377. The van der Waals surface area contributed by atoms with Crippen LogP contribution in [0.1, 0.15) is 25.7 Å². The number of likely N-dealkylation sites (tertiary alicyclic amines) is 1. The molecule has 1 rings (SSSR count). The van der Waals surface area contributed by atoms with Crippen molar-refractivity contribution in [2.45, 2.75) is 37.9 Å². The highest BCUT2D eigenvalue weighted by Crippen LogP contribution is 2.13. The molecule has 0 aromatic heterocycles. The second-order valence-corrected chi connectivity index (χ2v) is 4.36. The van der Waals surface area contributed by atoms with Gasteiger partial charge in [-0.1, -0.05) is 0 Å². The number of carbonyl (C=O) groups excluding carboxylic acids is 1. The molecule has 1 amide bonds. The van der Waals surface area contributed by atoms with Crippen LogP contribution in [0.3, 0.4) is 0 Å². The average molecular weight is 246 g/mol. The molecule has 2 N–H and O–H groups in total. The van der Waals surface area contributed by atoms with E-state index in [0.717, 1.165) is 13.0 Å². The SMILES string of the molecule is O=CNC(CCCN1CCC[C@@H](F)C1)C(=O)O. The van der Waals surface area contributed by atoms with Gasteiger partial charge >= 0.3 is 5.97 Å². The van der Waals surface area contributed by atoms with E-state index in [9.17, 15) is 14.0 Å². The minimum atomic E-state index is -1.03. The number of rotatable bonds is 7. The van der Waals surface area contributed by atoms with Crippen molar-refractivity contribution < 1.29 is 19.1 Å². The lowest BCUT2D eigenvalue weighted by atomic mass is 10.1. The van der Waals surface area contributed by atoms with E-state index in [-0.39, 0.29) is 0 Å². The van der Waals surface area contributed by atoms with E-state index in [1.807, 2.05) is 4.90 Å². The molecule has 0 spiro atoms. The van der Waals surface area contributed by atoms with Gasteiger partial charge in [-0.3, -0.25) is 4.79 Å². The number of nitrogens with one attached hydrogen (secondary N) is 1. The highest BCUT2D eigenvalue weighted by molar-refractivity contribution is 5.76. The molecule has 17 heavy (non-hydrogen) atoms. The Bertz CT molecular complexity index is 263. The molecule has 6 heteroatoms. The number of halogens is 1. The fraction of sp³-hybridized carbons (Fsp3) is 0.818. The van der Waals surface area contributed by atoms with Crippen molar-refractivity contribution in [1.29, 1.82) is 0 Å². The lowest BCUT2D eigenvalue weighted by Gasteiger charge is -2.29. The van der Waals surface area contributed by atoms with Crippen molar-refractivity contribution in [2.75, 3.05) is 19.6 Å². The van der Waals surface area contributed by atoms with Gasteiger partial charge in [-0.15, -0.1) is 0 Å². The van der Waals surface area contributed by atoms with Crippen LogP contribution in [0.25, 0.3) is 0 Å². The highest BCUT2D eigenvalue weighted by Gasteiger charge is 2.20. The predicted octanol–water partition coefficient (Wildman–Crippen LogP) is 0.400. The molecular weight excluding hydrogens is 227 g/mol. The fourth-order valence-electron chi connectivity index (χ4n) is 2.08. The first-order chi connectivity index (χ1) is 8.13. The number of aliphatic carboxylic acids is 1. The molecule has 0 bridgehead atoms. The fourth-order valence-corrected chi connectivity index (χ4v) is 2.08. The molecule has 0 saturated carbocycles. The van der Waals surface area contributed by atoms with Crippen molar-refractivity contribution >= 4 is 12.4 Å². The first-order valence-corrected chi connectivity index (χ1v) is 5.92. The molecule has 0 radical (unpaired) electrons. The Morgan fingerprint density at radius 1 is 1.65 bits per heavy atom. The second-order valence-electron chi connectivity index (χ2n) is 4.36. The maximum Gasteiger partial charge on any atom is 0.326 e. The van der Waals surface area contributed by atoms with Gasteiger partial charge in [-0.05, 0) is 38.8 Å². The maximum atomic E-state index is 13.1. The first-order valence-electron chi connectivity index (χ1n) is 5.92. The summed E-state index contributed by atoms with van der Waals surface area (Å²) >= 11 is 0. The monoisotopic (exact) mass is 246 g/mol. The van der Waals surface area contributed by atoms with E-state index in [1.165, 1.54) is 0 Å². The number of carboxylic acid groups (broad SMARTS) is 1. The number of hydrogen-bond donors (Lipinski definition) is 2. The van der Waals surface area contributed by atoms with Gasteiger partial charge < -0.3 is 15.3 Å². The lowest BCUT2D eigenvalue weighted by Crippen LogP contribution is -2.39. The van der Waals surface area contributed by atoms with E-state index in [4.69, 9.17) is 5.11 Å². The van der Waals surface area contributed by atoms with E-state index < -0.39 is 18.2 Å². The zero-order valence-corrected chi connectivity index (χ0v) is 9.77. The lowest BCUT2D eigenvalue weighted by molar-refractivity contribution is -0.140. The summed E-state index contributed by atoms with van der Waals surface area (Å²) in [6.07, 6.45) is 2.15. The summed E-state index contributed by atoms with van der Waals surface area (Å²) < 4.78 is 13.1. The van der Waals surface area contributed by atoms with Crippen LogP contribution in [-0.2, 0) is 9.59 Å². The molecule has 1 aliphatic rings. The number of piperidine rings is 1. The first kappa shape index (κ1) is 13.9. The van der Waals surface area contributed by atoms with Crippen molar-refractivity contribution in [1.82, 2.24) is 10.2 Å². The molecule has 5 nitrogen and oxygen atoms in total. The third-order valence-electron chi connectivity index (χ3n) is 2.98.